The monoisotopic (exact) mass is 401 g/mol. The van der Waals surface area contributed by atoms with Crippen molar-refractivity contribution in [3.8, 4) is 5.75 Å². The van der Waals surface area contributed by atoms with E-state index in [2.05, 4.69) is 31.9 Å². The fourth-order valence-corrected chi connectivity index (χ4v) is 2.98. The van der Waals surface area contributed by atoms with Crippen molar-refractivity contribution in [2.24, 2.45) is 5.73 Å². The van der Waals surface area contributed by atoms with Crippen LogP contribution in [-0.4, -0.2) is 7.11 Å². The van der Waals surface area contributed by atoms with Crippen molar-refractivity contribution in [3.05, 3.63) is 62.3 Å². The summed E-state index contributed by atoms with van der Waals surface area (Å²) in [4.78, 5) is 0. The standard InChI is InChI=1S/C15H14Br2FNO/c1-20-14-6-5-9(7-12(14)17)8-13(19)10-3-2-4-11(16)15(10)18/h2-7,13H,8,19H2,1H3. The van der Waals surface area contributed by atoms with Crippen LogP contribution in [0.4, 0.5) is 4.39 Å². The Morgan fingerprint density at radius 3 is 2.60 bits per heavy atom. The lowest BCUT2D eigenvalue weighted by Gasteiger charge is -2.14. The van der Waals surface area contributed by atoms with Crippen molar-refractivity contribution in [2.45, 2.75) is 12.5 Å². The molecule has 0 fully saturated rings. The molecule has 2 aromatic carbocycles. The molecule has 0 aromatic heterocycles. The van der Waals surface area contributed by atoms with Gasteiger partial charge in [0.1, 0.15) is 11.6 Å². The molecule has 0 bridgehead atoms. The second-order valence-corrected chi connectivity index (χ2v) is 6.13. The van der Waals surface area contributed by atoms with Gasteiger partial charge in [-0.3, -0.25) is 0 Å². The maximum absolute atomic E-state index is 14.0. The molecule has 1 atom stereocenters. The van der Waals surface area contributed by atoms with Gasteiger partial charge in [-0.1, -0.05) is 18.2 Å². The summed E-state index contributed by atoms with van der Waals surface area (Å²) in [5.74, 6) is 0.462. The van der Waals surface area contributed by atoms with E-state index < -0.39 is 6.04 Å². The van der Waals surface area contributed by atoms with Crippen molar-refractivity contribution in [1.29, 1.82) is 0 Å². The van der Waals surface area contributed by atoms with Crippen molar-refractivity contribution in [3.63, 3.8) is 0 Å². The van der Waals surface area contributed by atoms with Crippen LogP contribution in [0.1, 0.15) is 17.2 Å². The third-order valence-corrected chi connectivity index (χ3v) is 4.28. The number of methoxy groups -OCH3 is 1. The average molecular weight is 403 g/mol. The summed E-state index contributed by atoms with van der Waals surface area (Å²) < 4.78 is 20.5. The van der Waals surface area contributed by atoms with Crippen LogP contribution in [0, 0.1) is 5.82 Å². The molecule has 2 rings (SSSR count). The first-order valence-electron chi connectivity index (χ1n) is 6.05. The second-order valence-electron chi connectivity index (χ2n) is 4.42. The molecule has 0 amide bonds. The average Bonchev–Trinajstić information content (AvgIpc) is 2.42. The molecule has 0 spiro atoms. The molecule has 0 radical (unpaired) electrons. The van der Waals surface area contributed by atoms with Crippen LogP contribution < -0.4 is 10.5 Å². The summed E-state index contributed by atoms with van der Waals surface area (Å²) in [5, 5.41) is 0. The lowest BCUT2D eigenvalue weighted by atomic mass is 9.99. The SMILES string of the molecule is COc1ccc(CC(N)c2cccc(Br)c2F)cc1Br. The van der Waals surface area contributed by atoms with Gasteiger partial charge in [0, 0.05) is 11.6 Å². The molecule has 2 nitrogen and oxygen atoms in total. The maximum Gasteiger partial charge on any atom is 0.142 e. The molecule has 2 aromatic rings. The van der Waals surface area contributed by atoms with Gasteiger partial charge >= 0.3 is 0 Å². The fourth-order valence-electron chi connectivity index (χ4n) is 2.01. The Morgan fingerprint density at radius 1 is 1.20 bits per heavy atom. The van der Waals surface area contributed by atoms with Crippen LogP contribution in [0.3, 0.4) is 0 Å². The predicted molar refractivity (Wildman–Crippen MR) is 85.4 cm³/mol. The van der Waals surface area contributed by atoms with Gasteiger partial charge in [-0.15, -0.1) is 0 Å². The van der Waals surface area contributed by atoms with Crippen LogP contribution in [0.2, 0.25) is 0 Å². The van der Waals surface area contributed by atoms with E-state index in [4.69, 9.17) is 10.5 Å². The largest absolute Gasteiger partial charge is 0.496 e. The number of benzene rings is 2. The Kier molecular flexibility index (Phi) is 5.18. The molecule has 0 aliphatic rings. The highest BCUT2D eigenvalue weighted by molar-refractivity contribution is 9.10. The van der Waals surface area contributed by atoms with Gasteiger partial charge in [0.15, 0.2) is 0 Å². The third-order valence-electron chi connectivity index (χ3n) is 3.05. The smallest absolute Gasteiger partial charge is 0.142 e. The van der Waals surface area contributed by atoms with Gasteiger partial charge in [-0.25, -0.2) is 4.39 Å². The van der Waals surface area contributed by atoms with E-state index in [1.807, 2.05) is 18.2 Å². The quantitative estimate of drug-likeness (QED) is 0.810. The van der Waals surface area contributed by atoms with Crippen LogP contribution in [0.25, 0.3) is 0 Å². The van der Waals surface area contributed by atoms with Gasteiger partial charge in [-0.2, -0.15) is 0 Å². The summed E-state index contributed by atoms with van der Waals surface area (Å²) >= 11 is 6.61. The van der Waals surface area contributed by atoms with E-state index in [9.17, 15) is 4.39 Å². The van der Waals surface area contributed by atoms with Crippen LogP contribution >= 0.6 is 31.9 Å². The molecule has 20 heavy (non-hydrogen) atoms. The minimum absolute atomic E-state index is 0.299. The zero-order valence-corrected chi connectivity index (χ0v) is 14.0. The molecule has 1 unspecified atom stereocenters. The fraction of sp³-hybridized carbons (Fsp3) is 0.200. The predicted octanol–water partition coefficient (Wildman–Crippen LogP) is 4.60. The first-order chi connectivity index (χ1) is 9.52. The van der Waals surface area contributed by atoms with E-state index in [-0.39, 0.29) is 5.82 Å². The zero-order chi connectivity index (χ0) is 14.7. The highest BCUT2D eigenvalue weighted by Crippen LogP contribution is 2.29. The summed E-state index contributed by atoms with van der Waals surface area (Å²) in [6, 6.07) is 10.5. The summed E-state index contributed by atoms with van der Waals surface area (Å²) in [7, 11) is 1.61. The Labute approximate surface area is 134 Å². The van der Waals surface area contributed by atoms with E-state index in [0.29, 0.717) is 16.5 Å². The van der Waals surface area contributed by atoms with Gasteiger partial charge in [-0.05, 0) is 62.0 Å². The third kappa shape index (κ3) is 3.40. The van der Waals surface area contributed by atoms with Crippen LogP contribution in [0.15, 0.2) is 45.3 Å². The molecular formula is C15H14Br2FNO. The summed E-state index contributed by atoms with van der Waals surface area (Å²) in [6.07, 6.45) is 0.552. The topological polar surface area (TPSA) is 35.2 Å². The van der Waals surface area contributed by atoms with E-state index in [1.54, 1.807) is 25.3 Å². The normalized spacial score (nSPS) is 12.2. The van der Waals surface area contributed by atoms with Crippen molar-refractivity contribution >= 4 is 31.9 Å². The molecule has 0 aliphatic carbocycles. The number of nitrogens with two attached hydrogens (primary N) is 1. The first kappa shape index (κ1) is 15.5. The number of ether oxygens (including phenoxy) is 1. The van der Waals surface area contributed by atoms with E-state index in [0.717, 1.165) is 15.8 Å². The number of hydrogen-bond acceptors (Lipinski definition) is 2. The first-order valence-corrected chi connectivity index (χ1v) is 7.63. The molecule has 106 valence electrons. The highest BCUT2D eigenvalue weighted by Gasteiger charge is 2.14. The second kappa shape index (κ2) is 6.70. The lowest BCUT2D eigenvalue weighted by Crippen LogP contribution is -2.15. The molecule has 5 heteroatoms. The van der Waals surface area contributed by atoms with E-state index in [1.165, 1.54) is 0 Å². The Hall–Kier alpha value is -0.910. The molecule has 0 saturated heterocycles. The van der Waals surface area contributed by atoms with Gasteiger partial charge in [0.25, 0.3) is 0 Å². The molecule has 0 heterocycles. The molecular weight excluding hydrogens is 389 g/mol. The summed E-state index contributed by atoms with van der Waals surface area (Å²) in [5.41, 5.74) is 7.63. The number of hydrogen-bond donors (Lipinski definition) is 1. The van der Waals surface area contributed by atoms with E-state index >= 15 is 0 Å². The summed E-state index contributed by atoms with van der Waals surface area (Å²) in [6.45, 7) is 0. The molecule has 0 aliphatic heterocycles. The Morgan fingerprint density at radius 2 is 1.95 bits per heavy atom. The zero-order valence-electron chi connectivity index (χ0n) is 10.9. The Bertz CT molecular complexity index is 619. The van der Waals surface area contributed by atoms with Crippen LogP contribution in [-0.2, 0) is 6.42 Å². The maximum atomic E-state index is 14.0. The van der Waals surface area contributed by atoms with Crippen molar-refractivity contribution < 1.29 is 9.13 Å². The van der Waals surface area contributed by atoms with Gasteiger partial charge in [0.2, 0.25) is 0 Å². The van der Waals surface area contributed by atoms with Crippen molar-refractivity contribution in [1.82, 2.24) is 0 Å². The minimum atomic E-state index is -0.396. The molecule has 2 N–H and O–H groups in total. The highest BCUT2D eigenvalue weighted by atomic mass is 79.9. The Balaban J connectivity index is 2.21. The number of halogens is 3. The van der Waals surface area contributed by atoms with Crippen LogP contribution in [0.5, 0.6) is 5.75 Å². The minimum Gasteiger partial charge on any atom is -0.496 e. The lowest BCUT2D eigenvalue weighted by molar-refractivity contribution is 0.412. The van der Waals surface area contributed by atoms with Gasteiger partial charge < -0.3 is 10.5 Å². The van der Waals surface area contributed by atoms with Crippen molar-refractivity contribution in [2.75, 3.05) is 7.11 Å². The number of rotatable bonds is 4. The van der Waals surface area contributed by atoms with Gasteiger partial charge in [0.05, 0.1) is 16.1 Å². The molecule has 0 saturated carbocycles.